The third kappa shape index (κ3) is 5.17. The predicted molar refractivity (Wildman–Crippen MR) is 89.0 cm³/mol. The molecule has 0 radical (unpaired) electrons. The second-order valence-corrected chi connectivity index (χ2v) is 6.44. The van der Waals surface area contributed by atoms with E-state index >= 15 is 0 Å². The minimum atomic E-state index is -0.515. The molecule has 0 unspecified atom stereocenters. The Balaban J connectivity index is 1.72. The van der Waals surface area contributed by atoms with Gasteiger partial charge in [0.1, 0.15) is 5.82 Å². The second kappa shape index (κ2) is 8.20. The van der Waals surface area contributed by atoms with E-state index in [1.165, 1.54) is 17.7 Å². The van der Waals surface area contributed by atoms with Crippen molar-refractivity contribution in [1.29, 1.82) is 0 Å². The lowest BCUT2D eigenvalue weighted by atomic mass is 10.2. The number of hydrogen-bond donors (Lipinski definition) is 1. The predicted octanol–water partition coefficient (Wildman–Crippen LogP) is 4.25. The minimum absolute atomic E-state index is 0.0752. The van der Waals surface area contributed by atoms with Crippen molar-refractivity contribution in [2.75, 3.05) is 12.3 Å². The number of amides is 1. The normalized spacial score (nSPS) is 10.4. The molecule has 0 atom stereocenters. The molecule has 0 spiro atoms. The van der Waals surface area contributed by atoms with Crippen LogP contribution in [0.2, 0.25) is 0 Å². The first-order chi connectivity index (χ1) is 10.2. The van der Waals surface area contributed by atoms with Crippen LogP contribution in [0.3, 0.4) is 0 Å². The Labute approximate surface area is 136 Å². The lowest BCUT2D eigenvalue weighted by Crippen LogP contribution is -2.26. The van der Waals surface area contributed by atoms with Crippen LogP contribution in [0.15, 0.2) is 53.0 Å². The van der Waals surface area contributed by atoms with Crippen LogP contribution < -0.4 is 5.32 Å². The van der Waals surface area contributed by atoms with Gasteiger partial charge in [0.25, 0.3) is 5.91 Å². The highest BCUT2D eigenvalue weighted by Gasteiger charge is 2.10. The van der Waals surface area contributed by atoms with Gasteiger partial charge in [-0.1, -0.05) is 46.3 Å². The smallest absolute Gasteiger partial charge is 0.254 e. The molecule has 110 valence electrons. The Bertz CT molecular complexity index is 606. The summed E-state index contributed by atoms with van der Waals surface area (Å²) in [5.74, 6) is 0.807. The Kier molecular flexibility index (Phi) is 6.26. The summed E-state index contributed by atoms with van der Waals surface area (Å²) in [6, 6.07) is 14.6. The number of rotatable bonds is 6. The van der Waals surface area contributed by atoms with E-state index in [0.29, 0.717) is 11.0 Å². The van der Waals surface area contributed by atoms with E-state index in [1.54, 1.807) is 17.8 Å². The van der Waals surface area contributed by atoms with Gasteiger partial charge in [0.15, 0.2) is 0 Å². The summed E-state index contributed by atoms with van der Waals surface area (Å²) >= 11 is 4.90. The Morgan fingerprint density at radius 1 is 1.19 bits per heavy atom. The molecule has 2 aromatic rings. The molecule has 0 aromatic heterocycles. The van der Waals surface area contributed by atoms with E-state index in [0.717, 1.165) is 11.5 Å². The highest BCUT2D eigenvalue weighted by Crippen LogP contribution is 2.15. The first-order valence-corrected chi connectivity index (χ1v) is 8.46. The van der Waals surface area contributed by atoms with Gasteiger partial charge in [-0.3, -0.25) is 4.79 Å². The van der Waals surface area contributed by atoms with E-state index < -0.39 is 5.82 Å². The Morgan fingerprint density at radius 2 is 1.95 bits per heavy atom. The fourth-order valence-corrected chi connectivity index (χ4v) is 2.92. The molecule has 0 aliphatic heterocycles. The number of carbonyl (C=O) groups excluding carboxylic acids is 1. The molecule has 0 heterocycles. The molecular weight excluding hydrogens is 353 g/mol. The van der Waals surface area contributed by atoms with E-state index in [4.69, 9.17) is 0 Å². The maximum absolute atomic E-state index is 13.6. The number of carbonyl (C=O) groups is 1. The van der Waals surface area contributed by atoms with Crippen LogP contribution in [0, 0.1) is 5.82 Å². The average Bonchev–Trinajstić information content (AvgIpc) is 2.47. The third-order valence-corrected chi connectivity index (χ3v) is 4.34. The van der Waals surface area contributed by atoms with E-state index in [1.807, 2.05) is 18.2 Å². The van der Waals surface area contributed by atoms with Crippen LogP contribution in [0.25, 0.3) is 0 Å². The summed E-state index contributed by atoms with van der Waals surface area (Å²) < 4.78 is 14.2. The van der Waals surface area contributed by atoms with Crippen molar-refractivity contribution >= 4 is 33.6 Å². The number of thioether (sulfide) groups is 1. The number of nitrogens with one attached hydrogen (secondary N) is 1. The fraction of sp³-hybridized carbons (Fsp3) is 0.188. The van der Waals surface area contributed by atoms with Crippen molar-refractivity contribution in [2.45, 2.75) is 5.75 Å². The number of hydrogen-bond acceptors (Lipinski definition) is 2. The molecule has 0 aliphatic rings. The quantitative estimate of drug-likeness (QED) is 0.773. The summed E-state index contributed by atoms with van der Waals surface area (Å²) in [5.41, 5.74) is 1.33. The Hall–Kier alpha value is -1.33. The monoisotopic (exact) mass is 367 g/mol. The molecule has 0 aliphatic carbocycles. The van der Waals surface area contributed by atoms with Crippen molar-refractivity contribution < 1.29 is 9.18 Å². The SMILES string of the molecule is O=C(NCCSCc1ccccc1)c1ccc(Br)cc1F. The van der Waals surface area contributed by atoms with Crippen LogP contribution in [0.4, 0.5) is 4.39 Å². The third-order valence-electron chi connectivity index (χ3n) is 2.82. The first-order valence-electron chi connectivity index (χ1n) is 6.52. The maximum atomic E-state index is 13.6. The number of halogens is 2. The van der Waals surface area contributed by atoms with Gasteiger partial charge in [-0.25, -0.2) is 4.39 Å². The van der Waals surface area contributed by atoms with Crippen LogP contribution in [-0.4, -0.2) is 18.2 Å². The van der Waals surface area contributed by atoms with E-state index in [-0.39, 0.29) is 11.5 Å². The first kappa shape index (κ1) is 16.0. The number of benzene rings is 2. The molecule has 1 N–H and O–H groups in total. The van der Waals surface area contributed by atoms with Crippen LogP contribution in [0.5, 0.6) is 0 Å². The lowest BCUT2D eigenvalue weighted by Gasteiger charge is -2.06. The van der Waals surface area contributed by atoms with Gasteiger partial charge in [-0.05, 0) is 23.8 Å². The molecule has 2 rings (SSSR count). The van der Waals surface area contributed by atoms with Gasteiger partial charge in [-0.15, -0.1) is 0 Å². The van der Waals surface area contributed by atoms with Crippen LogP contribution >= 0.6 is 27.7 Å². The zero-order chi connectivity index (χ0) is 15.1. The van der Waals surface area contributed by atoms with E-state index in [2.05, 4.69) is 33.4 Å². The topological polar surface area (TPSA) is 29.1 Å². The van der Waals surface area contributed by atoms with Crippen LogP contribution in [0.1, 0.15) is 15.9 Å². The molecule has 2 nitrogen and oxygen atoms in total. The van der Waals surface area contributed by atoms with Crippen molar-refractivity contribution in [3.05, 3.63) is 69.9 Å². The van der Waals surface area contributed by atoms with Crippen molar-refractivity contribution in [2.24, 2.45) is 0 Å². The Morgan fingerprint density at radius 3 is 2.67 bits per heavy atom. The second-order valence-electron chi connectivity index (χ2n) is 4.42. The largest absolute Gasteiger partial charge is 0.351 e. The molecule has 1 amide bonds. The summed E-state index contributed by atoms with van der Waals surface area (Å²) in [7, 11) is 0. The zero-order valence-corrected chi connectivity index (χ0v) is 13.7. The molecule has 0 bridgehead atoms. The fourth-order valence-electron chi connectivity index (χ4n) is 1.77. The highest BCUT2D eigenvalue weighted by molar-refractivity contribution is 9.10. The summed E-state index contributed by atoms with van der Waals surface area (Å²) in [6.45, 7) is 0.520. The zero-order valence-electron chi connectivity index (χ0n) is 11.3. The molecule has 21 heavy (non-hydrogen) atoms. The van der Waals surface area contributed by atoms with Gasteiger partial charge in [0, 0.05) is 22.5 Å². The maximum Gasteiger partial charge on any atom is 0.254 e. The summed E-state index contributed by atoms with van der Waals surface area (Å²) in [5, 5.41) is 2.73. The molecule has 5 heteroatoms. The lowest BCUT2D eigenvalue weighted by molar-refractivity contribution is 0.0952. The van der Waals surface area contributed by atoms with Gasteiger partial charge in [0.05, 0.1) is 5.56 Å². The van der Waals surface area contributed by atoms with Gasteiger partial charge in [0.2, 0.25) is 0 Å². The van der Waals surface area contributed by atoms with Gasteiger partial charge >= 0.3 is 0 Å². The highest BCUT2D eigenvalue weighted by atomic mass is 79.9. The van der Waals surface area contributed by atoms with E-state index in [9.17, 15) is 9.18 Å². The molecule has 0 saturated heterocycles. The standard InChI is InChI=1S/C16H15BrFNOS/c17-13-6-7-14(15(18)10-13)16(20)19-8-9-21-11-12-4-2-1-3-5-12/h1-7,10H,8-9,11H2,(H,19,20). The van der Waals surface area contributed by atoms with Gasteiger partial charge < -0.3 is 5.32 Å². The van der Waals surface area contributed by atoms with Crippen molar-refractivity contribution in [1.82, 2.24) is 5.32 Å². The molecular formula is C16H15BrFNOS. The summed E-state index contributed by atoms with van der Waals surface area (Å²) in [4.78, 5) is 11.8. The molecule has 0 fully saturated rings. The van der Waals surface area contributed by atoms with Gasteiger partial charge in [-0.2, -0.15) is 11.8 Å². The van der Waals surface area contributed by atoms with Crippen molar-refractivity contribution in [3.63, 3.8) is 0 Å². The summed E-state index contributed by atoms with van der Waals surface area (Å²) in [6.07, 6.45) is 0. The van der Waals surface area contributed by atoms with Crippen molar-refractivity contribution in [3.8, 4) is 0 Å². The average molecular weight is 368 g/mol. The van der Waals surface area contributed by atoms with Crippen LogP contribution in [-0.2, 0) is 5.75 Å². The minimum Gasteiger partial charge on any atom is -0.351 e. The molecule has 2 aromatic carbocycles. The molecule has 0 saturated carbocycles.